The van der Waals surface area contributed by atoms with Gasteiger partial charge in [-0.15, -0.1) is 0 Å². The van der Waals surface area contributed by atoms with Crippen LogP contribution in [0.15, 0.2) is 0 Å². The highest BCUT2D eigenvalue weighted by atomic mass is 16.3. The summed E-state index contributed by atoms with van der Waals surface area (Å²) in [5.41, 5.74) is -0.0964. The van der Waals surface area contributed by atoms with E-state index < -0.39 is 0 Å². The molecule has 0 aliphatic heterocycles. The number of aliphatic hydroxyl groups excluding tert-OH is 1. The smallest absolute Gasteiger partial charge is 0.0610 e. The van der Waals surface area contributed by atoms with Crippen LogP contribution in [0.5, 0.6) is 0 Å². The van der Waals surface area contributed by atoms with Gasteiger partial charge in [0.1, 0.15) is 0 Å². The van der Waals surface area contributed by atoms with Crippen molar-refractivity contribution in [3.05, 3.63) is 0 Å². The van der Waals surface area contributed by atoms with E-state index >= 15 is 0 Å². The standard InChI is InChI=1S/C14H32N2O/c1-5-6-8-11-16(4)12-9-7-10-14(2,13-17)15-3/h15,17H,5-13H2,1-4H3. The topological polar surface area (TPSA) is 35.5 Å². The van der Waals surface area contributed by atoms with Gasteiger partial charge in [0.05, 0.1) is 6.61 Å². The maximum absolute atomic E-state index is 9.26. The van der Waals surface area contributed by atoms with Crippen molar-refractivity contribution in [3.8, 4) is 0 Å². The van der Waals surface area contributed by atoms with Gasteiger partial charge in [-0.25, -0.2) is 0 Å². The zero-order chi connectivity index (χ0) is 13.1. The molecule has 0 aromatic heterocycles. The Kier molecular flexibility index (Phi) is 9.79. The summed E-state index contributed by atoms with van der Waals surface area (Å²) in [6, 6.07) is 0. The predicted molar refractivity (Wildman–Crippen MR) is 75.4 cm³/mol. The van der Waals surface area contributed by atoms with Gasteiger partial charge in [0.15, 0.2) is 0 Å². The van der Waals surface area contributed by atoms with Gasteiger partial charge in [-0.2, -0.15) is 0 Å². The summed E-state index contributed by atoms with van der Waals surface area (Å²) in [6.07, 6.45) is 7.40. The van der Waals surface area contributed by atoms with Crippen LogP contribution in [0.1, 0.15) is 52.4 Å². The normalized spacial score (nSPS) is 15.2. The minimum Gasteiger partial charge on any atom is -0.394 e. The lowest BCUT2D eigenvalue weighted by molar-refractivity contribution is 0.169. The Labute approximate surface area is 108 Å². The van der Waals surface area contributed by atoms with Gasteiger partial charge >= 0.3 is 0 Å². The van der Waals surface area contributed by atoms with Crippen molar-refractivity contribution in [1.29, 1.82) is 0 Å². The zero-order valence-electron chi connectivity index (χ0n) is 12.3. The molecule has 104 valence electrons. The molecule has 0 heterocycles. The van der Waals surface area contributed by atoms with E-state index in [9.17, 15) is 5.11 Å². The van der Waals surface area contributed by atoms with E-state index in [1.165, 1.54) is 45.2 Å². The SMILES string of the molecule is CCCCCN(C)CCCCC(C)(CO)NC. The fourth-order valence-corrected chi connectivity index (χ4v) is 1.92. The Morgan fingerprint density at radius 1 is 1.12 bits per heavy atom. The molecule has 0 bridgehead atoms. The third kappa shape index (κ3) is 8.58. The first-order chi connectivity index (χ1) is 8.08. The fraction of sp³-hybridized carbons (Fsp3) is 1.00. The molecule has 0 aliphatic carbocycles. The monoisotopic (exact) mass is 244 g/mol. The van der Waals surface area contributed by atoms with Crippen molar-refractivity contribution in [2.24, 2.45) is 0 Å². The maximum atomic E-state index is 9.26. The summed E-state index contributed by atoms with van der Waals surface area (Å²) in [7, 11) is 4.13. The first-order valence-electron chi connectivity index (χ1n) is 7.06. The fourth-order valence-electron chi connectivity index (χ4n) is 1.92. The minimum atomic E-state index is -0.0964. The molecule has 17 heavy (non-hydrogen) atoms. The lowest BCUT2D eigenvalue weighted by Crippen LogP contribution is -2.43. The second-order valence-corrected chi connectivity index (χ2v) is 5.44. The summed E-state index contributed by atoms with van der Waals surface area (Å²) < 4.78 is 0. The van der Waals surface area contributed by atoms with Crippen LogP contribution < -0.4 is 5.32 Å². The molecule has 3 heteroatoms. The van der Waals surface area contributed by atoms with E-state index in [-0.39, 0.29) is 12.1 Å². The van der Waals surface area contributed by atoms with Gasteiger partial charge in [-0.1, -0.05) is 26.2 Å². The molecule has 0 aromatic carbocycles. The quantitative estimate of drug-likeness (QED) is 0.547. The van der Waals surface area contributed by atoms with E-state index in [0.717, 1.165) is 6.42 Å². The number of likely N-dealkylation sites (N-methyl/N-ethyl adjacent to an activating group) is 1. The van der Waals surface area contributed by atoms with Crippen LogP contribution in [-0.2, 0) is 0 Å². The third-order valence-corrected chi connectivity index (χ3v) is 3.61. The molecule has 1 unspecified atom stereocenters. The Hall–Kier alpha value is -0.120. The molecule has 0 spiro atoms. The molecular formula is C14H32N2O. The molecule has 0 saturated carbocycles. The average Bonchev–Trinajstić information content (AvgIpc) is 2.35. The number of rotatable bonds is 11. The van der Waals surface area contributed by atoms with Gasteiger partial charge in [0.25, 0.3) is 0 Å². The number of unbranched alkanes of at least 4 members (excludes halogenated alkanes) is 3. The number of nitrogens with zero attached hydrogens (tertiary/aromatic N) is 1. The van der Waals surface area contributed by atoms with Crippen LogP contribution in [0.2, 0.25) is 0 Å². The second kappa shape index (κ2) is 9.86. The molecule has 0 fully saturated rings. The Morgan fingerprint density at radius 2 is 1.71 bits per heavy atom. The van der Waals surface area contributed by atoms with Crippen molar-refractivity contribution in [2.45, 2.75) is 57.9 Å². The van der Waals surface area contributed by atoms with Crippen molar-refractivity contribution in [1.82, 2.24) is 10.2 Å². The van der Waals surface area contributed by atoms with Crippen LogP contribution in [0.25, 0.3) is 0 Å². The zero-order valence-corrected chi connectivity index (χ0v) is 12.3. The summed E-state index contributed by atoms with van der Waals surface area (Å²) >= 11 is 0. The molecule has 0 amide bonds. The van der Waals surface area contributed by atoms with Gasteiger partial charge in [-0.3, -0.25) is 0 Å². The van der Waals surface area contributed by atoms with Crippen LogP contribution in [-0.4, -0.2) is 49.3 Å². The molecule has 0 saturated heterocycles. The van der Waals surface area contributed by atoms with Crippen molar-refractivity contribution >= 4 is 0 Å². The van der Waals surface area contributed by atoms with Gasteiger partial charge < -0.3 is 15.3 Å². The van der Waals surface area contributed by atoms with E-state index in [1.54, 1.807) is 0 Å². The average molecular weight is 244 g/mol. The van der Waals surface area contributed by atoms with E-state index in [2.05, 4.69) is 31.1 Å². The van der Waals surface area contributed by atoms with Gasteiger partial charge in [-0.05, 0) is 53.4 Å². The van der Waals surface area contributed by atoms with Crippen LogP contribution in [0.4, 0.5) is 0 Å². The van der Waals surface area contributed by atoms with Crippen molar-refractivity contribution in [3.63, 3.8) is 0 Å². The minimum absolute atomic E-state index is 0.0964. The van der Waals surface area contributed by atoms with Crippen molar-refractivity contribution < 1.29 is 5.11 Å². The highest BCUT2D eigenvalue weighted by Crippen LogP contribution is 2.12. The van der Waals surface area contributed by atoms with Crippen LogP contribution in [0.3, 0.4) is 0 Å². The van der Waals surface area contributed by atoms with E-state index in [0.29, 0.717) is 0 Å². The molecule has 0 aromatic rings. The van der Waals surface area contributed by atoms with E-state index in [1.807, 2.05) is 7.05 Å². The molecule has 3 nitrogen and oxygen atoms in total. The summed E-state index contributed by atoms with van der Waals surface area (Å²) in [5.74, 6) is 0. The predicted octanol–water partition coefficient (Wildman–Crippen LogP) is 2.25. The van der Waals surface area contributed by atoms with E-state index in [4.69, 9.17) is 0 Å². The van der Waals surface area contributed by atoms with Crippen LogP contribution in [0, 0.1) is 0 Å². The third-order valence-electron chi connectivity index (χ3n) is 3.61. The number of nitrogens with one attached hydrogen (secondary N) is 1. The van der Waals surface area contributed by atoms with Gasteiger partial charge in [0, 0.05) is 5.54 Å². The molecule has 0 rings (SSSR count). The second-order valence-electron chi connectivity index (χ2n) is 5.44. The highest BCUT2D eigenvalue weighted by molar-refractivity contribution is 4.80. The lowest BCUT2D eigenvalue weighted by Gasteiger charge is -2.27. The first-order valence-corrected chi connectivity index (χ1v) is 7.06. The summed E-state index contributed by atoms with van der Waals surface area (Å²) in [4.78, 5) is 2.42. The highest BCUT2D eigenvalue weighted by Gasteiger charge is 2.19. The van der Waals surface area contributed by atoms with Crippen LogP contribution >= 0.6 is 0 Å². The molecule has 1 atom stereocenters. The summed E-state index contributed by atoms with van der Waals surface area (Å²) in [5, 5.41) is 12.5. The molecule has 0 radical (unpaired) electrons. The first kappa shape index (κ1) is 16.9. The Morgan fingerprint density at radius 3 is 2.18 bits per heavy atom. The largest absolute Gasteiger partial charge is 0.394 e. The molecule has 0 aliphatic rings. The molecular weight excluding hydrogens is 212 g/mol. The number of hydrogen-bond acceptors (Lipinski definition) is 3. The number of hydrogen-bond donors (Lipinski definition) is 2. The Balaban J connectivity index is 3.50. The Bertz CT molecular complexity index is 170. The van der Waals surface area contributed by atoms with Gasteiger partial charge in [0.2, 0.25) is 0 Å². The summed E-state index contributed by atoms with van der Waals surface area (Å²) in [6.45, 7) is 6.94. The molecule has 2 N–H and O–H groups in total. The number of aliphatic hydroxyl groups is 1. The van der Waals surface area contributed by atoms with Crippen molar-refractivity contribution in [2.75, 3.05) is 33.8 Å². The maximum Gasteiger partial charge on any atom is 0.0610 e. The lowest BCUT2D eigenvalue weighted by atomic mass is 9.96.